The van der Waals surface area contributed by atoms with Crippen LogP contribution in [0.15, 0.2) is 47.2 Å². The second-order valence-corrected chi connectivity index (χ2v) is 7.69. The maximum absolute atomic E-state index is 12.7. The molecule has 2 aliphatic rings. The topological polar surface area (TPSA) is 36.4 Å². The number of halogens is 1. The molecule has 0 N–H and O–H groups in total. The van der Waals surface area contributed by atoms with Crippen molar-refractivity contribution in [2.24, 2.45) is 0 Å². The zero-order valence-electron chi connectivity index (χ0n) is 14.2. The average molecular weight is 400 g/mol. The van der Waals surface area contributed by atoms with E-state index < -0.39 is 0 Å². The maximum Gasteiger partial charge on any atom is 0.254 e. The number of nitrogens with zero attached hydrogens (tertiary/aromatic N) is 3. The number of carbonyl (C=O) groups is 1. The van der Waals surface area contributed by atoms with Crippen LogP contribution in [0.3, 0.4) is 0 Å². The third-order valence-corrected chi connectivity index (χ3v) is 5.84. The van der Waals surface area contributed by atoms with Crippen molar-refractivity contribution in [3.8, 4) is 0 Å². The SMILES string of the molecule is O=C(c1ccnc(Br)c1)N1CCC(N2CCc3ccccc3C2)CC1. The molecule has 4 rings (SSSR count). The predicted octanol–water partition coefficient (Wildman–Crippen LogP) is 3.51. The molecule has 3 heterocycles. The van der Waals surface area contributed by atoms with Gasteiger partial charge in [-0.3, -0.25) is 9.69 Å². The number of hydrogen-bond acceptors (Lipinski definition) is 3. The monoisotopic (exact) mass is 399 g/mol. The second kappa shape index (κ2) is 7.26. The van der Waals surface area contributed by atoms with Crippen molar-refractivity contribution >= 4 is 21.8 Å². The molecular formula is C20H22BrN3O. The summed E-state index contributed by atoms with van der Waals surface area (Å²) in [5, 5.41) is 0. The van der Waals surface area contributed by atoms with E-state index in [1.54, 1.807) is 18.3 Å². The Labute approximate surface area is 157 Å². The van der Waals surface area contributed by atoms with E-state index >= 15 is 0 Å². The first-order valence-electron chi connectivity index (χ1n) is 8.92. The molecule has 0 saturated carbocycles. The van der Waals surface area contributed by atoms with Crippen molar-refractivity contribution in [2.75, 3.05) is 19.6 Å². The summed E-state index contributed by atoms with van der Waals surface area (Å²) in [6.45, 7) is 3.85. The molecule has 2 aromatic rings. The number of likely N-dealkylation sites (tertiary alicyclic amines) is 1. The number of pyridine rings is 1. The second-order valence-electron chi connectivity index (χ2n) is 6.88. The van der Waals surface area contributed by atoms with E-state index in [-0.39, 0.29) is 5.91 Å². The molecule has 1 aromatic heterocycles. The van der Waals surface area contributed by atoms with Crippen LogP contribution in [0.1, 0.15) is 34.3 Å². The van der Waals surface area contributed by atoms with Crippen molar-refractivity contribution in [3.05, 3.63) is 63.9 Å². The van der Waals surface area contributed by atoms with Gasteiger partial charge in [-0.05, 0) is 58.5 Å². The molecule has 0 spiro atoms. The van der Waals surface area contributed by atoms with E-state index in [1.165, 1.54) is 11.1 Å². The largest absolute Gasteiger partial charge is 0.339 e. The fourth-order valence-corrected chi connectivity index (χ4v) is 4.35. The summed E-state index contributed by atoms with van der Waals surface area (Å²) in [6, 6.07) is 13.0. The molecule has 1 saturated heterocycles. The summed E-state index contributed by atoms with van der Waals surface area (Å²) in [6.07, 6.45) is 4.93. The summed E-state index contributed by atoms with van der Waals surface area (Å²) in [4.78, 5) is 21.3. The molecule has 5 heteroatoms. The summed E-state index contributed by atoms with van der Waals surface area (Å²) < 4.78 is 0.709. The summed E-state index contributed by atoms with van der Waals surface area (Å²) in [5.74, 6) is 0.116. The van der Waals surface area contributed by atoms with Gasteiger partial charge in [0.25, 0.3) is 5.91 Å². The lowest BCUT2D eigenvalue weighted by Gasteiger charge is -2.40. The minimum absolute atomic E-state index is 0.116. The Hall–Kier alpha value is -1.72. The van der Waals surface area contributed by atoms with E-state index in [9.17, 15) is 4.79 Å². The highest BCUT2D eigenvalue weighted by molar-refractivity contribution is 9.10. The van der Waals surface area contributed by atoms with Gasteiger partial charge in [0.1, 0.15) is 4.60 Å². The number of fused-ring (bicyclic) bond motifs is 1. The fraction of sp³-hybridized carbons (Fsp3) is 0.400. The Morgan fingerprint density at radius 1 is 1.08 bits per heavy atom. The van der Waals surface area contributed by atoms with Crippen LogP contribution in [0.4, 0.5) is 0 Å². The molecule has 0 aliphatic carbocycles. The zero-order chi connectivity index (χ0) is 17.2. The van der Waals surface area contributed by atoms with Crippen LogP contribution < -0.4 is 0 Å². The fourth-order valence-electron chi connectivity index (χ4n) is 3.98. The van der Waals surface area contributed by atoms with Gasteiger partial charge in [0.05, 0.1) is 0 Å². The predicted molar refractivity (Wildman–Crippen MR) is 101 cm³/mol. The molecular weight excluding hydrogens is 378 g/mol. The molecule has 0 radical (unpaired) electrons. The summed E-state index contributed by atoms with van der Waals surface area (Å²) in [5.41, 5.74) is 3.68. The molecule has 1 aromatic carbocycles. The smallest absolute Gasteiger partial charge is 0.254 e. The first kappa shape index (κ1) is 16.7. The van der Waals surface area contributed by atoms with Crippen molar-refractivity contribution in [1.82, 2.24) is 14.8 Å². The zero-order valence-corrected chi connectivity index (χ0v) is 15.8. The van der Waals surface area contributed by atoms with Gasteiger partial charge in [-0.15, -0.1) is 0 Å². The first-order valence-corrected chi connectivity index (χ1v) is 9.71. The molecule has 1 amide bonds. The van der Waals surface area contributed by atoms with E-state index in [0.717, 1.165) is 45.4 Å². The molecule has 0 atom stereocenters. The normalized spacial score (nSPS) is 18.8. The highest BCUT2D eigenvalue weighted by Gasteiger charge is 2.29. The van der Waals surface area contributed by atoms with E-state index in [0.29, 0.717) is 16.2 Å². The van der Waals surface area contributed by atoms with Crippen molar-refractivity contribution in [1.29, 1.82) is 0 Å². The minimum atomic E-state index is 0.116. The minimum Gasteiger partial charge on any atom is -0.339 e. The van der Waals surface area contributed by atoms with Crippen molar-refractivity contribution < 1.29 is 4.79 Å². The highest BCUT2D eigenvalue weighted by atomic mass is 79.9. The van der Waals surface area contributed by atoms with Gasteiger partial charge in [0.2, 0.25) is 0 Å². The Morgan fingerprint density at radius 3 is 2.60 bits per heavy atom. The Morgan fingerprint density at radius 2 is 1.84 bits per heavy atom. The number of piperidine rings is 1. The van der Waals surface area contributed by atoms with E-state index in [1.807, 2.05) is 4.90 Å². The van der Waals surface area contributed by atoms with Gasteiger partial charge >= 0.3 is 0 Å². The van der Waals surface area contributed by atoms with Gasteiger partial charge < -0.3 is 4.90 Å². The first-order chi connectivity index (χ1) is 12.2. The van der Waals surface area contributed by atoms with Crippen molar-refractivity contribution in [2.45, 2.75) is 31.8 Å². The van der Waals surface area contributed by atoms with Gasteiger partial charge in [0, 0.05) is 44.0 Å². The molecule has 2 aliphatic heterocycles. The highest BCUT2D eigenvalue weighted by Crippen LogP contribution is 2.25. The van der Waals surface area contributed by atoms with Crippen LogP contribution in [-0.2, 0) is 13.0 Å². The lowest BCUT2D eigenvalue weighted by Crippen LogP contribution is -2.48. The number of hydrogen-bond donors (Lipinski definition) is 0. The number of benzene rings is 1. The van der Waals surface area contributed by atoms with Gasteiger partial charge in [-0.25, -0.2) is 4.98 Å². The van der Waals surface area contributed by atoms with E-state index in [2.05, 4.69) is 50.1 Å². The maximum atomic E-state index is 12.7. The quantitative estimate of drug-likeness (QED) is 0.724. The van der Waals surface area contributed by atoms with Crippen LogP contribution in [0.5, 0.6) is 0 Å². The number of carbonyl (C=O) groups excluding carboxylic acids is 1. The summed E-state index contributed by atoms with van der Waals surface area (Å²) >= 11 is 3.34. The van der Waals surface area contributed by atoms with Crippen LogP contribution in [0, 0.1) is 0 Å². The Bertz CT molecular complexity index is 771. The lowest BCUT2D eigenvalue weighted by atomic mass is 9.95. The van der Waals surface area contributed by atoms with Gasteiger partial charge in [-0.2, -0.15) is 0 Å². The Kier molecular flexibility index (Phi) is 4.86. The molecule has 4 nitrogen and oxygen atoms in total. The number of rotatable bonds is 2. The Balaban J connectivity index is 1.37. The molecule has 1 fully saturated rings. The lowest BCUT2D eigenvalue weighted by molar-refractivity contribution is 0.0599. The van der Waals surface area contributed by atoms with E-state index in [4.69, 9.17) is 0 Å². The third kappa shape index (κ3) is 3.62. The van der Waals surface area contributed by atoms with Gasteiger partial charge in [0.15, 0.2) is 0 Å². The standard InChI is InChI=1S/C20H22BrN3O/c21-19-13-16(5-9-22-19)20(25)23-11-7-18(8-12-23)24-10-6-15-3-1-2-4-17(15)14-24/h1-5,9,13,18H,6-8,10-12,14H2. The van der Waals surface area contributed by atoms with Gasteiger partial charge in [-0.1, -0.05) is 24.3 Å². The molecule has 0 unspecified atom stereocenters. The molecule has 130 valence electrons. The number of aromatic nitrogens is 1. The summed E-state index contributed by atoms with van der Waals surface area (Å²) in [7, 11) is 0. The average Bonchev–Trinajstić information content (AvgIpc) is 2.67. The number of amides is 1. The van der Waals surface area contributed by atoms with Crippen LogP contribution >= 0.6 is 15.9 Å². The molecule has 25 heavy (non-hydrogen) atoms. The van der Waals surface area contributed by atoms with Crippen molar-refractivity contribution in [3.63, 3.8) is 0 Å². The van der Waals surface area contributed by atoms with Crippen LogP contribution in [-0.4, -0.2) is 46.4 Å². The van der Waals surface area contributed by atoms with Crippen LogP contribution in [0.25, 0.3) is 0 Å². The molecule has 0 bridgehead atoms. The third-order valence-electron chi connectivity index (χ3n) is 5.40. The van der Waals surface area contributed by atoms with Crippen LogP contribution in [0.2, 0.25) is 0 Å².